The zero-order chi connectivity index (χ0) is 14.5. The highest BCUT2D eigenvalue weighted by Crippen LogP contribution is 2.13. The Labute approximate surface area is 123 Å². The van der Waals surface area contributed by atoms with Gasteiger partial charge in [-0.1, -0.05) is 23.7 Å². The van der Waals surface area contributed by atoms with Gasteiger partial charge in [-0.2, -0.15) is 0 Å². The first-order chi connectivity index (χ1) is 9.56. The lowest BCUT2D eigenvalue weighted by Crippen LogP contribution is -2.25. The predicted octanol–water partition coefficient (Wildman–Crippen LogP) is 3.20. The molecule has 0 unspecified atom stereocenters. The van der Waals surface area contributed by atoms with Gasteiger partial charge in [-0.25, -0.2) is 0 Å². The summed E-state index contributed by atoms with van der Waals surface area (Å²) in [7, 11) is 0. The highest BCUT2D eigenvalue weighted by molar-refractivity contribution is 6.30. The van der Waals surface area contributed by atoms with Crippen molar-refractivity contribution in [3.8, 4) is 0 Å². The summed E-state index contributed by atoms with van der Waals surface area (Å²) in [5, 5.41) is 3.60. The van der Waals surface area contributed by atoms with Crippen LogP contribution in [0.4, 0.5) is 5.69 Å². The standard InChI is InChI=1S/C16H17ClN2O/c1-11-9-13(5-6-15(11)18)16(20)19-8-7-12-3-2-4-14(17)10-12/h2-6,9-10H,7-8,18H2,1H3,(H,19,20). The van der Waals surface area contributed by atoms with Crippen LogP contribution in [0, 0.1) is 6.92 Å². The number of halogens is 1. The number of rotatable bonds is 4. The normalized spacial score (nSPS) is 10.3. The van der Waals surface area contributed by atoms with E-state index >= 15 is 0 Å². The molecule has 0 aliphatic heterocycles. The molecule has 3 N–H and O–H groups in total. The third-order valence-corrected chi connectivity index (χ3v) is 3.36. The fourth-order valence-electron chi connectivity index (χ4n) is 1.93. The molecule has 0 spiro atoms. The van der Waals surface area contributed by atoms with E-state index in [-0.39, 0.29) is 5.91 Å². The first-order valence-corrected chi connectivity index (χ1v) is 6.83. The van der Waals surface area contributed by atoms with E-state index in [0.717, 1.165) is 17.5 Å². The summed E-state index contributed by atoms with van der Waals surface area (Å²) < 4.78 is 0. The van der Waals surface area contributed by atoms with Crippen molar-refractivity contribution >= 4 is 23.2 Å². The minimum Gasteiger partial charge on any atom is -0.399 e. The molecule has 4 heteroatoms. The molecule has 0 bridgehead atoms. The Morgan fingerprint density at radius 3 is 2.75 bits per heavy atom. The lowest BCUT2D eigenvalue weighted by Gasteiger charge is -2.07. The van der Waals surface area contributed by atoms with Gasteiger partial charge in [-0.15, -0.1) is 0 Å². The van der Waals surface area contributed by atoms with Crippen molar-refractivity contribution in [2.75, 3.05) is 12.3 Å². The number of carbonyl (C=O) groups excluding carboxylic acids is 1. The van der Waals surface area contributed by atoms with Crippen LogP contribution >= 0.6 is 11.6 Å². The lowest BCUT2D eigenvalue weighted by atomic mass is 10.1. The van der Waals surface area contributed by atoms with E-state index in [4.69, 9.17) is 17.3 Å². The third kappa shape index (κ3) is 3.75. The molecular weight excluding hydrogens is 272 g/mol. The van der Waals surface area contributed by atoms with E-state index in [1.54, 1.807) is 18.2 Å². The van der Waals surface area contributed by atoms with Crippen LogP contribution in [0.5, 0.6) is 0 Å². The van der Waals surface area contributed by atoms with E-state index in [1.807, 2.05) is 31.2 Å². The average molecular weight is 289 g/mol. The molecule has 0 atom stereocenters. The summed E-state index contributed by atoms with van der Waals surface area (Å²) in [5.41, 5.74) is 9.07. The van der Waals surface area contributed by atoms with Crippen LogP contribution in [0.3, 0.4) is 0 Å². The molecular formula is C16H17ClN2O. The summed E-state index contributed by atoms with van der Waals surface area (Å²) in [6.07, 6.45) is 0.750. The number of nitrogens with two attached hydrogens (primary N) is 1. The van der Waals surface area contributed by atoms with E-state index in [2.05, 4.69) is 5.32 Å². The van der Waals surface area contributed by atoms with Crippen molar-refractivity contribution in [3.05, 3.63) is 64.2 Å². The van der Waals surface area contributed by atoms with Gasteiger partial charge in [0.05, 0.1) is 0 Å². The number of aryl methyl sites for hydroxylation is 1. The second-order valence-corrected chi connectivity index (χ2v) is 5.14. The molecule has 2 aromatic carbocycles. The molecule has 1 amide bonds. The SMILES string of the molecule is Cc1cc(C(=O)NCCc2cccc(Cl)c2)ccc1N. The van der Waals surface area contributed by atoms with Crippen LogP contribution in [0.2, 0.25) is 5.02 Å². The van der Waals surface area contributed by atoms with Gasteiger partial charge in [0, 0.05) is 22.8 Å². The first-order valence-electron chi connectivity index (χ1n) is 6.45. The first kappa shape index (κ1) is 14.4. The van der Waals surface area contributed by atoms with Gasteiger partial charge in [0.2, 0.25) is 0 Å². The number of anilines is 1. The highest BCUT2D eigenvalue weighted by Gasteiger charge is 2.06. The van der Waals surface area contributed by atoms with Crippen LogP contribution in [-0.2, 0) is 6.42 Å². The van der Waals surface area contributed by atoms with Gasteiger partial charge in [0.25, 0.3) is 5.91 Å². The van der Waals surface area contributed by atoms with Crippen molar-refractivity contribution in [1.29, 1.82) is 0 Å². The summed E-state index contributed by atoms with van der Waals surface area (Å²) in [6, 6.07) is 12.9. The number of hydrogen-bond donors (Lipinski definition) is 2. The molecule has 0 aliphatic rings. The second kappa shape index (κ2) is 6.44. The molecule has 2 aromatic rings. The van der Waals surface area contributed by atoms with Gasteiger partial charge < -0.3 is 11.1 Å². The predicted molar refractivity (Wildman–Crippen MR) is 83.1 cm³/mol. The van der Waals surface area contributed by atoms with Crippen LogP contribution in [0.25, 0.3) is 0 Å². The van der Waals surface area contributed by atoms with Crippen molar-refractivity contribution in [2.45, 2.75) is 13.3 Å². The summed E-state index contributed by atoms with van der Waals surface area (Å²) in [5.74, 6) is -0.0878. The maximum atomic E-state index is 12.0. The Morgan fingerprint density at radius 1 is 1.25 bits per heavy atom. The molecule has 0 saturated heterocycles. The van der Waals surface area contributed by atoms with Crippen molar-refractivity contribution in [1.82, 2.24) is 5.32 Å². The molecule has 0 aromatic heterocycles. The summed E-state index contributed by atoms with van der Waals surface area (Å²) >= 11 is 5.92. The monoisotopic (exact) mass is 288 g/mol. The molecule has 2 rings (SSSR count). The van der Waals surface area contributed by atoms with Crippen LogP contribution in [-0.4, -0.2) is 12.5 Å². The summed E-state index contributed by atoms with van der Waals surface area (Å²) in [4.78, 5) is 12.0. The van der Waals surface area contributed by atoms with Crippen LogP contribution in [0.15, 0.2) is 42.5 Å². The van der Waals surface area contributed by atoms with Gasteiger partial charge in [0.1, 0.15) is 0 Å². The molecule has 0 aliphatic carbocycles. The molecule has 20 heavy (non-hydrogen) atoms. The quantitative estimate of drug-likeness (QED) is 0.849. The minimum absolute atomic E-state index is 0.0878. The zero-order valence-electron chi connectivity index (χ0n) is 11.3. The van der Waals surface area contributed by atoms with Crippen molar-refractivity contribution in [3.63, 3.8) is 0 Å². The summed E-state index contributed by atoms with van der Waals surface area (Å²) in [6.45, 7) is 2.46. The van der Waals surface area contributed by atoms with Gasteiger partial charge in [-0.3, -0.25) is 4.79 Å². The minimum atomic E-state index is -0.0878. The zero-order valence-corrected chi connectivity index (χ0v) is 12.1. The Bertz CT molecular complexity index is 626. The Kier molecular flexibility index (Phi) is 4.64. The molecule has 0 heterocycles. The Hall–Kier alpha value is -2.00. The highest BCUT2D eigenvalue weighted by atomic mass is 35.5. The van der Waals surface area contributed by atoms with Crippen LogP contribution in [0.1, 0.15) is 21.5 Å². The van der Waals surface area contributed by atoms with E-state index < -0.39 is 0 Å². The second-order valence-electron chi connectivity index (χ2n) is 4.71. The topological polar surface area (TPSA) is 55.1 Å². The fourth-order valence-corrected chi connectivity index (χ4v) is 2.14. The molecule has 0 saturated carbocycles. The third-order valence-electron chi connectivity index (χ3n) is 3.12. The molecule has 0 radical (unpaired) electrons. The van der Waals surface area contributed by atoms with Crippen molar-refractivity contribution < 1.29 is 4.79 Å². The maximum absolute atomic E-state index is 12.0. The van der Waals surface area contributed by atoms with Gasteiger partial charge in [0.15, 0.2) is 0 Å². The number of nitrogens with one attached hydrogen (secondary N) is 1. The van der Waals surface area contributed by atoms with E-state index in [9.17, 15) is 4.79 Å². The number of amides is 1. The number of benzene rings is 2. The maximum Gasteiger partial charge on any atom is 0.251 e. The molecule has 3 nitrogen and oxygen atoms in total. The Morgan fingerprint density at radius 2 is 2.05 bits per heavy atom. The van der Waals surface area contributed by atoms with E-state index in [0.29, 0.717) is 22.8 Å². The van der Waals surface area contributed by atoms with Crippen molar-refractivity contribution in [2.24, 2.45) is 0 Å². The Balaban J connectivity index is 1.90. The van der Waals surface area contributed by atoms with Gasteiger partial charge >= 0.3 is 0 Å². The number of nitrogen functional groups attached to an aromatic ring is 1. The number of hydrogen-bond acceptors (Lipinski definition) is 2. The largest absolute Gasteiger partial charge is 0.399 e. The van der Waals surface area contributed by atoms with Crippen LogP contribution < -0.4 is 11.1 Å². The molecule has 0 fully saturated rings. The molecule has 104 valence electrons. The average Bonchev–Trinajstić information content (AvgIpc) is 2.42. The number of carbonyl (C=O) groups is 1. The lowest BCUT2D eigenvalue weighted by molar-refractivity contribution is 0.0954. The fraction of sp³-hybridized carbons (Fsp3) is 0.188. The van der Waals surface area contributed by atoms with Gasteiger partial charge in [-0.05, 0) is 54.8 Å². The smallest absolute Gasteiger partial charge is 0.251 e. The van der Waals surface area contributed by atoms with E-state index in [1.165, 1.54) is 0 Å².